The van der Waals surface area contributed by atoms with Crippen molar-refractivity contribution >= 4 is 32.1 Å². The fourth-order valence-electron chi connectivity index (χ4n) is 4.97. The third-order valence-corrected chi connectivity index (χ3v) is 7.88. The molecule has 3 atom stereocenters. The summed E-state index contributed by atoms with van der Waals surface area (Å²) in [6.07, 6.45) is -3.61. The van der Waals surface area contributed by atoms with Crippen LogP contribution in [0, 0.1) is 11.8 Å². The van der Waals surface area contributed by atoms with Gasteiger partial charge in [0.05, 0.1) is 28.8 Å². The van der Waals surface area contributed by atoms with E-state index in [0.717, 1.165) is 12.7 Å². The van der Waals surface area contributed by atoms with Gasteiger partial charge in [0.25, 0.3) is 0 Å². The van der Waals surface area contributed by atoms with Gasteiger partial charge in [-0.15, -0.1) is 0 Å². The van der Waals surface area contributed by atoms with Crippen molar-refractivity contribution < 1.29 is 31.4 Å². The lowest BCUT2D eigenvalue weighted by Gasteiger charge is -2.28. The molecule has 4 rings (SSSR count). The van der Waals surface area contributed by atoms with Crippen molar-refractivity contribution in [2.24, 2.45) is 0 Å². The van der Waals surface area contributed by atoms with Crippen molar-refractivity contribution in [2.45, 2.75) is 49.3 Å². The van der Waals surface area contributed by atoms with E-state index in [1.54, 1.807) is 44.4 Å². The predicted octanol–water partition coefficient (Wildman–Crippen LogP) is 3.91. The molecule has 0 bridgehead atoms. The van der Waals surface area contributed by atoms with Crippen LogP contribution >= 0.6 is 0 Å². The maximum atomic E-state index is 13.5. The average Bonchev–Trinajstić information content (AvgIpc) is 3.46. The Morgan fingerprint density at radius 2 is 1.93 bits per heavy atom. The summed E-state index contributed by atoms with van der Waals surface area (Å²) >= 11 is 0. The summed E-state index contributed by atoms with van der Waals surface area (Å²) < 4.78 is 70.4. The first kappa shape index (κ1) is 29.7. The number of hydrogen-bond donors (Lipinski definition) is 3. The van der Waals surface area contributed by atoms with E-state index >= 15 is 0 Å². The molecule has 3 unspecified atom stereocenters. The number of likely N-dealkylation sites (tertiary alicyclic amines) is 1. The maximum absolute atomic E-state index is 13.5. The minimum Gasteiger partial charge on any atom is -0.389 e. The molecule has 12 heteroatoms. The first-order chi connectivity index (χ1) is 18.9. The monoisotopic (exact) mass is 578 g/mol. The lowest BCUT2D eigenvalue weighted by Crippen LogP contribution is -2.43. The number of ether oxygens (including phenoxy) is 1. The van der Waals surface area contributed by atoms with Gasteiger partial charge in [-0.3, -0.25) is 4.90 Å². The van der Waals surface area contributed by atoms with Gasteiger partial charge in [-0.25, -0.2) is 8.42 Å². The Morgan fingerprint density at radius 3 is 2.55 bits per heavy atom. The second-order valence-electron chi connectivity index (χ2n) is 9.91. The number of alkyl halides is 3. The van der Waals surface area contributed by atoms with Crippen LogP contribution in [0.4, 0.5) is 24.5 Å². The molecule has 8 nitrogen and oxygen atoms in total. The van der Waals surface area contributed by atoms with Gasteiger partial charge in [0.1, 0.15) is 12.8 Å². The molecule has 1 saturated heterocycles. The number of methoxy groups -OCH3 is 1. The first-order valence-corrected chi connectivity index (χ1v) is 14.7. The normalized spacial score (nSPS) is 17.8. The van der Waals surface area contributed by atoms with Gasteiger partial charge >= 0.3 is 6.18 Å². The van der Waals surface area contributed by atoms with Gasteiger partial charge in [-0.2, -0.15) is 13.2 Å². The van der Waals surface area contributed by atoms with E-state index in [0.29, 0.717) is 35.4 Å². The highest BCUT2D eigenvalue weighted by molar-refractivity contribution is 7.90. The number of nitrogens with one attached hydrogen (secondary N) is 2. The smallest absolute Gasteiger partial charge is 0.389 e. The summed E-state index contributed by atoms with van der Waals surface area (Å²) in [7, 11) is -1.76. The molecule has 0 spiro atoms. The van der Waals surface area contributed by atoms with Crippen LogP contribution in [-0.4, -0.2) is 80.5 Å². The molecule has 0 saturated carbocycles. The topological polar surface area (TPSA) is 95.8 Å². The van der Waals surface area contributed by atoms with Crippen LogP contribution in [0.3, 0.4) is 0 Å². The maximum Gasteiger partial charge on any atom is 0.406 e. The Hall–Kier alpha value is -3.24. The van der Waals surface area contributed by atoms with Gasteiger partial charge < -0.3 is 25.0 Å². The Bertz CT molecular complexity index is 1490. The third-order valence-electron chi connectivity index (χ3n) is 6.76. The number of halogens is 3. The molecule has 3 N–H and O–H groups in total. The molecule has 0 aliphatic carbocycles. The van der Waals surface area contributed by atoms with Crippen LogP contribution < -0.4 is 10.6 Å². The lowest BCUT2D eigenvalue weighted by molar-refractivity contribution is -0.140. The summed E-state index contributed by atoms with van der Waals surface area (Å²) in [6.45, 7) is 1.98. The largest absolute Gasteiger partial charge is 0.406 e. The van der Waals surface area contributed by atoms with E-state index in [-0.39, 0.29) is 23.2 Å². The molecular weight excluding hydrogens is 545 g/mol. The highest BCUT2D eigenvalue weighted by atomic mass is 32.2. The Balaban J connectivity index is 1.54. The van der Waals surface area contributed by atoms with Crippen LogP contribution in [0.5, 0.6) is 0 Å². The molecule has 3 aromatic rings. The van der Waals surface area contributed by atoms with Crippen LogP contribution in [0.2, 0.25) is 0 Å². The van der Waals surface area contributed by atoms with E-state index < -0.39 is 34.9 Å². The molecule has 40 heavy (non-hydrogen) atoms. The second kappa shape index (κ2) is 12.1. The zero-order chi connectivity index (χ0) is 29.1. The predicted molar refractivity (Wildman–Crippen MR) is 149 cm³/mol. The molecule has 1 aromatic heterocycles. The van der Waals surface area contributed by atoms with E-state index in [4.69, 9.17) is 4.74 Å². The van der Waals surface area contributed by atoms with Crippen molar-refractivity contribution in [2.75, 3.05) is 43.6 Å². The highest BCUT2D eigenvalue weighted by Gasteiger charge is 2.32. The van der Waals surface area contributed by atoms with Crippen LogP contribution in [0.1, 0.15) is 19.0 Å². The van der Waals surface area contributed by atoms with Gasteiger partial charge in [-0.1, -0.05) is 12.0 Å². The Kier molecular flexibility index (Phi) is 8.99. The zero-order valence-corrected chi connectivity index (χ0v) is 23.3. The number of hydrogen-bond acceptors (Lipinski definition) is 7. The summed E-state index contributed by atoms with van der Waals surface area (Å²) in [4.78, 5) is 2.23. The molecule has 0 amide bonds. The number of benzene rings is 2. The van der Waals surface area contributed by atoms with Crippen molar-refractivity contribution in [3.63, 3.8) is 0 Å². The van der Waals surface area contributed by atoms with Gasteiger partial charge in [-0.05, 0) is 61.7 Å². The van der Waals surface area contributed by atoms with Crippen molar-refractivity contribution in [3.05, 3.63) is 54.2 Å². The lowest BCUT2D eigenvalue weighted by atomic mass is 10.1. The summed E-state index contributed by atoms with van der Waals surface area (Å²) in [6, 6.07) is 13.1. The van der Waals surface area contributed by atoms with Gasteiger partial charge in [0.2, 0.25) is 0 Å². The van der Waals surface area contributed by atoms with Crippen LogP contribution in [0.25, 0.3) is 10.9 Å². The third kappa shape index (κ3) is 7.28. The molecule has 2 heterocycles. The first-order valence-electron chi connectivity index (χ1n) is 12.8. The summed E-state index contributed by atoms with van der Waals surface area (Å²) in [5.74, 6) is 5.75. The average molecular weight is 579 g/mol. The number of sulfone groups is 1. The van der Waals surface area contributed by atoms with E-state index in [2.05, 4.69) is 22.5 Å². The van der Waals surface area contributed by atoms with Crippen molar-refractivity contribution in [1.29, 1.82) is 0 Å². The minimum atomic E-state index is -4.44. The second-order valence-corrected chi connectivity index (χ2v) is 11.9. The summed E-state index contributed by atoms with van der Waals surface area (Å²) in [5, 5.41) is 17.1. The molecule has 2 aromatic carbocycles. The Morgan fingerprint density at radius 1 is 1.20 bits per heavy atom. The molecule has 1 aliphatic heterocycles. The molecule has 0 radical (unpaired) electrons. The molecule has 1 fully saturated rings. The van der Waals surface area contributed by atoms with Crippen LogP contribution in [-0.2, 0) is 21.1 Å². The number of nitrogens with zero attached hydrogens (tertiary/aromatic N) is 2. The molecular formula is C28H33F3N4O4S. The zero-order valence-electron chi connectivity index (χ0n) is 22.5. The fourth-order valence-corrected chi connectivity index (χ4v) is 5.60. The number of anilines is 2. The van der Waals surface area contributed by atoms with Gasteiger partial charge in [0, 0.05) is 49.3 Å². The molecule has 1 aliphatic rings. The van der Waals surface area contributed by atoms with E-state index in [9.17, 15) is 26.7 Å². The Labute approximate surface area is 232 Å². The van der Waals surface area contributed by atoms with Crippen LogP contribution in [0.15, 0.2) is 53.4 Å². The summed E-state index contributed by atoms with van der Waals surface area (Å²) in [5.41, 5.74) is 2.01. The minimum absolute atomic E-state index is 0.0285. The number of aliphatic hydroxyl groups is 1. The standard InChI is InChI=1S/C28H33F3N4O4S/c1-19(36)27(39-2)34-15-13-21(17-34)33-25-7-4-8-26-24(25)16-22(35(26)18-28(29,30)31)6-5-14-32-20-9-11-23(12-10-20)40(3,37)38/h4,7-12,16,19,21,27,32-33,36H,13-15,17-18H2,1-3H3. The highest BCUT2D eigenvalue weighted by Crippen LogP contribution is 2.31. The molecule has 216 valence electrons. The number of aromatic nitrogens is 1. The number of aliphatic hydroxyl groups excluding tert-OH is 1. The number of rotatable bonds is 9. The van der Waals surface area contributed by atoms with Crippen molar-refractivity contribution in [3.8, 4) is 11.8 Å². The SMILES string of the molecule is COC(C(C)O)N1CCC(Nc2cccc3c2cc(C#CCNc2ccc(S(C)(=O)=O)cc2)n3CC(F)(F)F)C1. The van der Waals surface area contributed by atoms with Crippen molar-refractivity contribution in [1.82, 2.24) is 9.47 Å². The van der Waals surface area contributed by atoms with Gasteiger partial charge in [0.15, 0.2) is 9.84 Å². The fraction of sp³-hybridized carbons (Fsp3) is 0.429. The number of fused-ring (bicyclic) bond motifs is 1. The quantitative estimate of drug-likeness (QED) is 0.332. The van der Waals surface area contributed by atoms with E-state index in [1.807, 2.05) is 11.0 Å². The van der Waals surface area contributed by atoms with E-state index in [1.165, 1.54) is 16.7 Å².